The highest BCUT2D eigenvalue weighted by atomic mass is 79.9. The van der Waals surface area contributed by atoms with Gasteiger partial charge in [0, 0.05) is 42.0 Å². The first-order valence-electron chi connectivity index (χ1n) is 9.64. The molecule has 2 aromatic rings. The number of hydrogen-bond donors (Lipinski definition) is 1. The van der Waals surface area contributed by atoms with Crippen molar-refractivity contribution in [3.8, 4) is 0 Å². The van der Waals surface area contributed by atoms with Crippen molar-refractivity contribution < 1.29 is 14.3 Å². The Morgan fingerprint density at radius 3 is 2.54 bits per heavy atom. The van der Waals surface area contributed by atoms with E-state index in [9.17, 15) is 9.59 Å². The van der Waals surface area contributed by atoms with Crippen LogP contribution >= 0.6 is 15.9 Å². The van der Waals surface area contributed by atoms with Gasteiger partial charge < -0.3 is 15.0 Å². The van der Waals surface area contributed by atoms with Gasteiger partial charge in [0.15, 0.2) is 0 Å². The fourth-order valence-electron chi connectivity index (χ4n) is 4.06. The lowest BCUT2D eigenvalue weighted by atomic mass is 9.73. The quantitative estimate of drug-likeness (QED) is 0.768. The summed E-state index contributed by atoms with van der Waals surface area (Å²) in [7, 11) is 0. The first-order valence-corrected chi connectivity index (χ1v) is 10.4. The molecule has 1 N–H and O–H groups in total. The van der Waals surface area contributed by atoms with E-state index in [1.165, 1.54) is 0 Å². The van der Waals surface area contributed by atoms with E-state index >= 15 is 0 Å². The lowest BCUT2D eigenvalue weighted by Gasteiger charge is -2.36. The fraction of sp³-hybridized carbons (Fsp3) is 0.364. The molecule has 4 rings (SSSR count). The summed E-state index contributed by atoms with van der Waals surface area (Å²) in [6.45, 7) is 1.86. The summed E-state index contributed by atoms with van der Waals surface area (Å²) in [6, 6.07) is 15.5. The first kappa shape index (κ1) is 19.2. The van der Waals surface area contributed by atoms with E-state index in [0.29, 0.717) is 38.2 Å². The van der Waals surface area contributed by atoms with Gasteiger partial charge in [0.1, 0.15) is 0 Å². The van der Waals surface area contributed by atoms with E-state index in [1.807, 2.05) is 48.5 Å². The molecular weight excluding hydrogens is 420 g/mol. The van der Waals surface area contributed by atoms with Crippen molar-refractivity contribution in [1.29, 1.82) is 0 Å². The van der Waals surface area contributed by atoms with Gasteiger partial charge in [-0.2, -0.15) is 0 Å². The largest absolute Gasteiger partial charge is 0.381 e. The van der Waals surface area contributed by atoms with Crippen LogP contribution in [0.5, 0.6) is 0 Å². The highest BCUT2D eigenvalue weighted by Gasteiger charge is 2.41. The maximum absolute atomic E-state index is 13.4. The van der Waals surface area contributed by atoms with E-state index in [0.717, 1.165) is 28.7 Å². The predicted molar refractivity (Wildman–Crippen MR) is 113 cm³/mol. The van der Waals surface area contributed by atoms with Gasteiger partial charge in [0.2, 0.25) is 11.8 Å². The predicted octanol–water partition coefficient (Wildman–Crippen LogP) is 4.26. The normalized spacial score (nSPS) is 18.9. The molecule has 6 heteroatoms. The van der Waals surface area contributed by atoms with Gasteiger partial charge in [-0.1, -0.05) is 34.1 Å². The highest BCUT2D eigenvalue weighted by Crippen LogP contribution is 2.37. The van der Waals surface area contributed by atoms with Crippen LogP contribution in [0.25, 0.3) is 0 Å². The van der Waals surface area contributed by atoms with E-state index < -0.39 is 5.41 Å². The Morgan fingerprint density at radius 1 is 1.11 bits per heavy atom. The number of anilines is 2. The van der Waals surface area contributed by atoms with Gasteiger partial charge in [-0.15, -0.1) is 0 Å². The number of halogens is 1. The van der Waals surface area contributed by atoms with Crippen LogP contribution in [0.15, 0.2) is 53.0 Å². The van der Waals surface area contributed by atoms with Gasteiger partial charge in [0.25, 0.3) is 0 Å². The number of ether oxygens (including phenoxy) is 1. The molecule has 5 nitrogen and oxygen atoms in total. The minimum Gasteiger partial charge on any atom is -0.381 e. The van der Waals surface area contributed by atoms with E-state index in [2.05, 4.69) is 21.2 Å². The molecule has 2 amide bonds. The Hall–Kier alpha value is -2.18. The molecule has 2 heterocycles. The molecule has 2 saturated heterocycles. The van der Waals surface area contributed by atoms with Crippen LogP contribution < -0.4 is 10.2 Å². The van der Waals surface area contributed by atoms with Crippen LogP contribution in [0.3, 0.4) is 0 Å². The van der Waals surface area contributed by atoms with Crippen LogP contribution in [0.1, 0.15) is 31.2 Å². The zero-order chi connectivity index (χ0) is 19.6. The van der Waals surface area contributed by atoms with E-state index in [-0.39, 0.29) is 11.8 Å². The molecule has 0 unspecified atom stereocenters. The number of nitrogens with one attached hydrogen (secondary N) is 1. The lowest BCUT2D eigenvalue weighted by Crippen LogP contribution is -2.44. The summed E-state index contributed by atoms with van der Waals surface area (Å²) in [6.07, 6.45) is 2.75. The molecule has 0 spiro atoms. The van der Waals surface area contributed by atoms with Crippen molar-refractivity contribution in [2.24, 2.45) is 0 Å². The molecular formula is C22H23BrN2O3. The summed E-state index contributed by atoms with van der Waals surface area (Å²) >= 11 is 3.47. The monoisotopic (exact) mass is 442 g/mol. The van der Waals surface area contributed by atoms with Gasteiger partial charge in [-0.05, 0) is 55.2 Å². The van der Waals surface area contributed by atoms with Crippen LogP contribution in [-0.4, -0.2) is 31.6 Å². The number of carbonyl (C=O) groups is 2. The molecule has 0 saturated carbocycles. The maximum atomic E-state index is 13.4. The van der Waals surface area contributed by atoms with Crippen molar-refractivity contribution >= 4 is 39.1 Å². The van der Waals surface area contributed by atoms with Crippen LogP contribution in [0.2, 0.25) is 0 Å². The lowest BCUT2D eigenvalue weighted by molar-refractivity contribution is -0.125. The van der Waals surface area contributed by atoms with Gasteiger partial charge >= 0.3 is 0 Å². The molecule has 2 aliphatic rings. The smallest absolute Gasteiger partial charge is 0.235 e. The number of nitrogens with zero attached hydrogens (tertiary/aromatic N) is 1. The standard InChI is InChI=1S/C22H23BrN2O3/c23-17-8-6-16(7-9-17)22(10-13-28-14-11-22)21(27)24-18-3-1-4-19(15-18)25-12-2-5-20(25)26/h1,3-4,6-9,15H,2,5,10-14H2,(H,24,27). The van der Waals surface area contributed by atoms with Gasteiger partial charge in [0.05, 0.1) is 5.41 Å². The van der Waals surface area contributed by atoms with Crippen molar-refractivity contribution in [3.05, 3.63) is 58.6 Å². The molecule has 0 bridgehead atoms. The zero-order valence-corrected chi connectivity index (χ0v) is 17.2. The van der Waals surface area contributed by atoms with Gasteiger partial charge in [-0.25, -0.2) is 0 Å². The number of rotatable bonds is 4. The van der Waals surface area contributed by atoms with E-state index in [1.54, 1.807) is 4.90 Å². The Balaban J connectivity index is 1.60. The molecule has 0 atom stereocenters. The Bertz CT molecular complexity index is 876. The second kappa shape index (κ2) is 8.05. The molecule has 0 aromatic heterocycles. The summed E-state index contributed by atoms with van der Waals surface area (Å²) in [4.78, 5) is 27.2. The van der Waals surface area contributed by atoms with Crippen LogP contribution in [-0.2, 0) is 19.7 Å². The topological polar surface area (TPSA) is 58.6 Å². The van der Waals surface area contributed by atoms with Crippen LogP contribution in [0, 0.1) is 0 Å². The first-order chi connectivity index (χ1) is 13.6. The third-order valence-electron chi connectivity index (χ3n) is 5.67. The molecule has 2 aromatic carbocycles. The number of benzene rings is 2. The van der Waals surface area contributed by atoms with Crippen molar-refractivity contribution in [3.63, 3.8) is 0 Å². The van der Waals surface area contributed by atoms with Crippen molar-refractivity contribution in [2.45, 2.75) is 31.1 Å². The molecule has 2 fully saturated rings. The summed E-state index contributed by atoms with van der Waals surface area (Å²) in [5.74, 6) is 0.113. The second-order valence-corrected chi connectivity index (χ2v) is 8.27. The van der Waals surface area contributed by atoms with E-state index in [4.69, 9.17) is 4.74 Å². The number of carbonyl (C=O) groups excluding carboxylic acids is 2. The Labute approximate surface area is 173 Å². The van der Waals surface area contributed by atoms with Crippen molar-refractivity contribution in [1.82, 2.24) is 0 Å². The molecule has 146 valence electrons. The molecule has 0 radical (unpaired) electrons. The number of amides is 2. The average Bonchev–Trinajstić information content (AvgIpc) is 3.15. The molecule has 0 aliphatic carbocycles. The Kier molecular flexibility index (Phi) is 5.51. The fourth-order valence-corrected chi connectivity index (χ4v) is 4.32. The van der Waals surface area contributed by atoms with Gasteiger partial charge in [-0.3, -0.25) is 9.59 Å². The maximum Gasteiger partial charge on any atom is 0.235 e. The van der Waals surface area contributed by atoms with Crippen molar-refractivity contribution in [2.75, 3.05) is 30.0 Å². The molecule has 2 aliphatic heterocycles. The summed E-state index contributed by atoms with van der Waals surface area (Å²) in [5.41, 5.74) is 1.94. The second-order valence-electron chi connectivity index (χ2n) is 7.35. The Morgan fingerprint density at radius 2 is 1.86 bits per heavy atom. The zero-order valence-electron chi connectivity index (χ0n) is 15.6. The van der Waals surface area contributed by atoms with Crippen LogP contribution in [0.4, 0.5) is 11.4 Å². The SMILES string of the molecule is O=C1CCCN1c1cccc(NC(=O)C2(c3ccc(Br)cc3)CCOCC2)c1. The highest BCUT2D eigenvalue weighted by molar-refractivity contribution is 9.10. The summed E-state index contributed by atoms with van der Waals surface area (Å²) in [5, 5.41) is 3.10. The minimum absolute atomic E-state index is 0.0250. The minimum atomic E-state index is -0.613. The average molecular weight is 443 g/mol. The third kappa shape index (κ3) is 3.71. The molecule has 28 heavy (non-hydrogen) atoms. The number of hydrogen-bond acceptors (Lipinski definition) is 3. The third-order valence-corrected chi connectivity index (χ3v) is 6.20. The summed E-state index contributed by atoms with van der Waals surface area (Å²) < 4.78 is 6.52.